The van der Waals surface area contributed by atoms with Crippen molar-refractivity contribution < 1.29 is 4.79 Å². The molecule has 0 fully saturated rings. The summed E-state index contributed by atoms with van der Waals surface area (Å²) in [5.41, 5.74) is 4.34. The lowest BCUT2D eigenvalue weighted by Gasteiger charge is -2.14. The lowest BCUT2D eigenvalue weighted by Crippen LogP contribution is -2.19. The smallest absolute Gasteiger partial charge is 0.226 e. The third kappa shape index (κ3) is 2.09. The number of para-hydroxylation sites is 1. The van der Waals surface area contributed by atoms with E-state index in [9.17, 15) is 4.79 Å². The molecule has 3 rings (SSSR count). The fourth-order valence-electron chi connectivity index (χ4n) is 2.62. The molecular weight excluding hydrogens is 236 g/mol. The monoisotopic (exact) mass is 254 g/mol. The van der Waals surface area contributed by atoms with Gasteiger partial charge in [-0.05, 0) is 30.9 Å². The van der Waals surface area contributed by atoms with Gasteiger partial charge in [-0.15, -0.1) is 0 Å². The van der Waals surface area contributed by atoms with Gasteiger partial charge in [0.2, 0.25) is 5.91 Å². The molecule has 1 aliphatic carbocycles. The van der Waals surface area contributed by atoms with Crippen LogP contribution in [0.3, 0.4) is 0 Å². The summed E-state index contributed by atoms with van der Waals surface area (Å²) < 4.78 is 0. The van der Waals surface area contributed by atoms with E-state index in [2.05, 4.69) is 5.32 Å². The Balaban J connectivity index is 2.17. The van der Waals surface area contributed by atoms with E-state index in [-0.39, 0.29) is 11.8 Å². The molecule has 1 N–H and O–H groups in total. The first-order valence-corrected chi connectivity index (χ1v) is 6.88. The van der Waals surface area contributed by atoms with Gasteiger partial charge >= 0.3 is 0 Å². The number of hydrogen-bond donors (Lipinski definition) is 1. The van der Waals surface area contributed by atoms with Gasteiger partial charge in [-0.25, -0.2) is 0 Å². The van der Waals surface area contributed by atoms with Crippen LogP contribution in [0.1, 0.15) is 31.5 Å². The van der Waals surface area contributed by atoms with E-state index in [1.54, 1.807) is 0 Å². The highest BCUT2D eigenvalue weighted by molar-refractivity contribution is 6.03. The van der Waals surface area contributed by atoms with Crippen molar-refractivity contribution in [1.29, 1.82) is 0 Å². The van der Waals surface area contributed by atoms with Crippen LogP contribution in [0, 0.1) is 5.92 Å². The van der Waals surface area contributed by atoms with Crippen LogP contribution in [0.25, 0.3) is 10.9 Å². The molecule has 0 bridgehead atoms. The van der Waals surface area contributed by atoms with Gasteiger partial charge in [-0.3, -0.25) is 9.78 Å². The highest BCUT2D eigenvalue weighted by Gasteiger charge is 2.21. The molecule has 19 heavy (non-hydrogen) atoms. The molecule has 1 heterocycles. The van der Waals surface area contributed by atoms with Crippen LogP contribution in [-0.2, 0) is 17.6 Å². The fraction of sp³-hybridized carbons (Fsp3) is 0.375. The van der Waals surface area contributed by atoms with Gasteiger partial charge < -0.3 is 5.32 Å². The number of fused-ring (bicyclic) bond motifs is 2. The first-order chi connectivity index (χ1) is 9.16. The van der Waals surface area contributed by atoms with Crippen molar-refractivity contribution in [3.05, 3.63) is 35.5 Å². The Bertz CT molecular complexity index is 646. The lowest BCUT2D eigenvalue weighted by molar-refractivity contribution is -0.118. The second-order valence-corrected chi connectivity index (χ2v) is 5.43. The molecule has 0 aliphatic heterocycles. The van der Waals surface area contributed by atoms with Gasteiger partial charge in [0.25, 0.3) is 0 Å². The van der Waals surface area contributed by atoms with Gasteiger partial charge in [-0.2, -0.15) is 0 Å². The SMILES string of the molecule is CC(C)C(=O)Nc1c2c(nc3ccccc13)CCC2. The van der Waals surface area contributed by atoms with Crippen LogP contribution in [0.15, 0.2) is 24.3 Å². The summed E-state index contributed by atoms with van der Waals surface area (Å²) in [6.07, 6.45) is 3.16. The average Bonchev–Trinajstić information content (AvgIpc) is 2.86. The number of amides is 1. The highest BCUT2D eigenvalue weighted by Crippen LogP contribution is 2.34. The van der Waals surface area contributed by atoms with Crippen LogP contribution < -0.4 is 5.32 Å². The standard InChI is InChI=1S/C16H18N2O/c1-10(2)16(19)18-15-11-6-3-4-8-13(11)17-14-9-5-7-12(14)15/h3-4,6,8,10H,5,7,9H2,1-2H3,(H,17,18,19). The summed E-state index contributed by atoms with van der Waals surface area (Å²) in [4.78, 5) is 16.7. The summed E-state index contributed by atoms with van der Waals surface area (Å²) in [7, 11) is 0. The zero-order valence-corrected chi connectivity index (χ0v) is 11.4. The van der Waals surface area contributed by atoms with E-state index < -0.39 is 0 Å². The normalized spacial score (nSPS) is 13.8. The second-order valence-electron chi connectivity index (χ2n) is 5.43. The summed E-state index contributed by atoms with van der Waals surface area (Å²) in [5, 5.41) is 4.16. The van der Waals surface area contributed by atoms with Crippen molar-refractivity contribution in [2.75, 3.05) is 5.32 Å². The molecule has 3 heteroatoms. The number of rotatable bonds is 2. The third-order valence-corrected chi connectivity index (χ3v) is 3.69. The molecular formula is C16H18N2O. The Morgan fingerprint density at radius 2 is 2.05 bits per heavy atom. The van der Waals surface area contributed by atoms with Gasteiger partial charge in [0, 0.05) is 17.0 Å². The van der Waals surface area contributed by atoms with Crippen LogP contribution in [0.4, 0.5) is 5.69 Å². The van der Waals surface area contributed by atoms with Crippen molar-refractivity contribution >= 4 is 22.5 Å². The van der Waals surface area contributed by atoms with E-state index in [0.717, 1.165) is 41.5 Å². The predicted molar refractivity (Wildman–Crippen MR) is 77.2 cm³/mol. The number of anilines is 1. The Kier molecular flexibility index (Phi) is 2.97. The maximum Gasteiger partial charge on any atom is 0.226 e. The topological polar surface area (TPSA) is 42.0 Å². The molecule has 0 saturated carbocycles. The minimum atomic E-state index is -0.0102. The van der Waals surface area contributed by atoms with E-state index in [0.29, 0.717) is 0 Å². The van der Waals surface area contributed by atoms with Crippen molar-refractivity contribution in [1.82, 2.24) is 4.98 Å². The molecule has 1 amide bonds. The molecule has 0 radical (unpaired) electrons. The number of nitrogens with zero attached hydrogens (tertiary/aromatic N) is 1. The van der Waals surface area contributed by atoms with E-state index in [1.165, 1.54) is 5.56 Å². The molecule has 1 aliphatic rings. The van der Waals surface area contributed by atoms with Gasteiger partial charge in [-0.1, -0.05) is 32.0 Å². The van der Waals surface area contributed by atoms with Crippen LogP contribution in [-0.4, -0.2) is 10.9 Å². The Labute approximate surface area is 113 Å². The second kappa shape index (κ2) is 4.65. The number of benzene rings is 1. The van der Waals surface area contributed by atoms with Crippen LogP contribution >= 0.6 is 0 Å². The van der Waals surface area contributed by atoms with E-state index >= 15 is 0 Å². The molecule has 1 aromatic heterocycles. The number of nitrogens with one attached hydrogen (secondary N) is 1. The molecule has 98 valence electrons. The van der Waals surface area contributed by atoms with Crippen molar-refractivity contribution in [3.8, 4) is 0 Å². The maximum absolute atomic E-state index is 12.0. The molecule has 3 nitrogen and oxygen atoms in total. The number of aryl methyl sites for hydroxylation is 1. The largest absolute Gasteiger partial charge is 0.325 e. The molecule has 1 aromatic carbocycles. The lowest BCUT2D eigenvalue weighted by atomic mass is 10.1. The Hall–Kier alpha value is -1.90. The van der Waals surface area contributed by atoms with Crippen LogP contribution in [0.2, 0.25) is 0 Å². The minimum Gasteiger partial charge on any atom is -0.325 e. The van der Waals surface area contributed by atoms with Crippen molar-refractivity contribution in [3.63, 3.8) is 0 Å². The molecule has 0 unspecified atom stereocenters. The van der Waals surface area contributed by atoms with Crippen LogP contribution in [0.5, 0.6) is 0 Å². The molecule has 0 spiro atoms. The number of carbonyl (C=O) groups excluding carboxylic acids is 1. The van der Waals surface area contributed by atoms with Gasteiger partial charge in [0.15, 0.2) is 0 Å². The zero-order valence-electron chi connectivity index (χ0n) is 11.4. The summed E-state index contributed by atoms with van der Waals surface area (Å²) >= 11 is 0. The first-order valence-electron chi connectivity index (χ1n) is 6.88. The maximum atomic E-state index is 12.0. The molecule has 2 aromatic rings. The van der Waals surface area contributed by atoms with Crippen molar-refractivity contribution in [2.24, 2.45) is 5.92 Å². The van der Waals surface area contributed by atoms with Gasteiger partial charge in [0.1, 0.15) is 0 Å². The highest BCUT2D eigenvalue weighted by atomic mass is 16.1. The predicted octanol–water partition coefficient (Wildman–Crippen LogP) is 3.32. The zero-order chi connectivity index (χ0) is 13.4. The summed E-state index contributed by atoms with van der Waals surface area (Å²) in [5.74, 6) is 0.0643. The molecule has 0 saturated heterocycles. The number of pyridine rings is 1. The fourth-order valence-corrected chi connectivity index (χ4v) is 2.62. The van der Waals surface area contributed by atoms with Crippen molar-refractivity contribution in [2.45, 2.75) is 33.1 Å². The minimum absolute atomic E-state index is 0.0102. The number of aromatic nitrogens is 1. The van der Waals surface area contributed by atoms with Gasteiger partial charge in [0.05, 0.1) is 11.2 Å². The first kappa shape index (κ1) is 12.2. The quantitative estimate of drug-likeness (QED) is 0.893. The summed E-state index contributed by atoms with van der Waals surface area (Å²) in [6.45, 7) is 3.83. The Morgan fingerprint density at radius 3 is 2.84 bits per heavy atom. The average molecular weight is 254 g/mol. The van der Waals surface area contributed by atoms with E-state index in [4.69, 9.17) is 4.98 Å². The van der Waals surface area contributed by atoms with E-state index in [1.807, 2.05) is 38.1 Å². The number of hydrogen-bond acceptors (Lipinski definition) is 2. The Morgan fingerprint density at radius 1 is 1.26 bits per heavy atom. The molecule has 0 atom stereocenters. The number of carbonyl (C=O) groups is 1. The third-order valence-electron chi connectivity index (χ3n) is 3.69. The summed E-state index contributed by atoms with van der Waals surface area (Å²) in [6, 6.07) is 8.04.